The van der Waals surface area contributed by atoms with Gasteiger partial charge < -0.3 is 20.3 Å². The maximum absolute atomic E-state index is 13.6. The van der Waals surface area contributed by atoms with Crippen LogP contribution in [0.4, 0.5) is 15.1 Å². The van der Waals surface area contributed by atoms with Gasteiger partial charge in [-0.05, 0) is 45.4 Å². The second-order valence-electron chi connectivity index (χ2n) is 8.28. The molecule has 4 rings (SSSR count). The van der Waals surface area contributed by atoms with Gasteiger partial charge >= 0.3 is 6.09 Å². The van der Waals surface area contributed by atoms with Crippen LogP contribution >= 0.6 is 11.3 Å². The minimum atomic E-state index is -0.493. The van der Waals surface area contributed by atoms with Gasteiger partial charge in [-0.1, -0.05) is 0 Å². The number of thiophene rings is 1. The van der Waals surface area contributed by atoms with E-state index < -0.39 is 11.9 Å². The van der Waals surface area contributed by atoms with Crippen molar-refractivity contribution in [2.45, 2.75) is 45.9 Å². The Balaban J connectivity index is 1.51. The summed E-state index contributed by atoms with van der Waals surface area (Å²) in [6.45, 7) is 8.07. The summed E-state index contributed by atoms with van der Waals surface area (Å²) in [6.07, 6.45) is 2.00. The predicted molar refractivity (Wildman–Crippen MR) is 123 cm³/mol. The molecule has 174 valence electrons. The van der Waals surface area contributed by atoms with Crippen molar-refractivity contribution in [3.05, 3.63) is 46.5 Å². The summed E-state index contributed by atoms with van der Waals surface area (Å²) in [5.41, 5.74) is 1.60. The molecule has 1 fully saturated rings. The van der Waals surface area contributed by atoms with Gasteiger partial charge in [0.25, 0.3) is 5.91 Å². The van der Waals surface area contributed by atoms with Crippen molar-refractivity contribution in [2.24, 2.45) is 0 Å². The van der Waals surface area contributed by atoms with E-state index in [4.69, 9.17) is 4.74 Å². The number of carbonyl (C=O) groups excluding carboxylic acids is 2. The van der Waals surface area contributed by atoms with E-state index in [1.165, 1.54) is 17.4 Å². The summed E-state index contributed by atoms with van der Waals surface area (Å²) in [5, 5.41) is 5.89. The van der Waals surface area contributed by atoms with Gasteiger partial charge in [0.05, 0.1) is 34.6 Å². The zero-order valence-corrected chi connectivity index (χ0v) is 19.6. The quantitative estimate of drug-likeness (QED) is 0.563. The fraction of sp³-hybridized carbons (Fsp3) is 0.409. The fourth-order valence-corrected chi connectivity index (χ4v) is 4.43. The van der Waals surface area contributed by atoms with E-state index in [-0.39, 0.29) is 30.0 Å². The lowest BCUT2D eigenvalue weighted by Crippen LogP contribution is -2.61. The van der Waals surface area contributed by atoms with Gasteiger partial charge in [-0.25, -0.2) is 19.2 Å². The standard InChI is InChI=1S/C22H25FN6O3S/c1-11(2)32-22(31)26-16-9-29(10-16)20(30)18-19-17(5-12(3)33-19)27-21(28-18)25-13(4)14-6-15(23)8-24-7-14/h5-8,11,13,16H,9-10H2,1-4H3,(H,26,31)(H,25,27,28). The number of alkyl carbamates (subject to hydrolysis) is 1. The number of hydrogen-bond donors (Lipinski definition) is 2. The van der Waals surface area contributed by atoms with Crippen molar-refractivity contribution < 1.29 is 18.7 Å². The number of carbonyl (C=O) groups is 2. The molecule has 3 aromatic heterocycles. The van der Waals surface area contributed by atoms with Gasteiger partial charge in [-0.15, -0.1) is 11.3 Å². The van der Waals surface area contributed by atoms with E-state index in [2.05, 4.69) is 25.6 Å². The summed E-state index contributed by atoms with van der Waals surface area (Å²) in [4.78, 5) is 40.6. The zero-order chi connectivity index (χ0) is 23.7. The van der Waals surface area contributed by atoms with Crippen LogP contribution in [0.5, 0.6) is 0 Å². The first-order valence-electron chi connectivity index (χ1n) is 10.6. The Morgan fingerprint density at radius 1 is 1.21 bits per heavy atom. The molecule has 2 N–H and O–H groups in total. The average molecular weight is 473 g/mol. The van der Waals surface area contributed by atoms with Crippen molar-refractivity contribution in [1.29, 1.82) is 0 Å². The van der Waals surface area contributed by atoms with Crippen LogP contribution in [0.15, 0.2) is 24.5 Å². The molecule has 0 saturated carbocycles. The van der Waals surface area contributed by atoms with Gasteiger partial charge in [-0.3, -0.25) is 9.78 Å². The number of halogens is 1. The third-order valence-corrected chi connectivity index (χ3v) is 6.15. The van der Waals surface area contributed by atoms with Crippen LogP contribution in [0.25, 0.3) is 10.2 Å². The van der Waals surface area contributed by atoms with E-state index in [1.807, 2.05) is 19.9 Å². The topological polar surface area (TPSA) is 109 Å². The van der Waals surface area contributed by atoms with Gasteiger partial charge in [0, 0.05) is 24.2 Å². The highest BCUT2D eigenvalue weighted by Gasteiger charge is 2.34. The number of fused-ring (bicyclic) bond motifs is 1. The molecule has 9 nitrogen and oxygen atoms in total. The summed E-state index contributed by atoms with van der Waals surface area (Å²) in [5.74, 6) is -0.390. The molecule has 1 aliphatic heterocycles. The molecule has 2 amide bonds. The molecule has 11 heteroatoms. The van der Waals surface area contributed by atoms with Crippen molar-refractivity contribution in [2.75, 3.05) is 18.4 Å². The maximum atomic E-state index is 13.6. The lowest BCUT2D eigenvalue weighted by Gasteiger charge is -2.39. The Morgan fingerprint density at radius 3 is 2.67 bits per heavy atom. The van der Waals surface area contributed by atoms with E-state index in [0.717, 1.165) is 11.1 Å². The normalized spacial score (nSPS) is 14.8. The third-order valence-electron chi connectivity index (χ3n) is 5.10. The molecular weight excluding hydrogens is 447 g/mol. The number of pyridine rings is 1. The van der Waals surface area contributed by atoms with Gasteiger partial charge in [0.15, 0.2) is 5.69 Å². The van der Waals surface area contributed by atoms with E-state index in [0.29, 0.717) is 34.6 Å². The van der Waals surface area contributed by atoms with Crippen LogP contribution in [0.3, 0.4) is 0 Å². The molecule has 0 aliphatic carbocycles. The molecule has 33 heavy (non-hydrogen) atoms. The number of hydrogen-bond acceptors (Lipinski definition) is 8. The molecule has 3 aromatic rings. The van der Waals surface area contributed by atoms with Crippen molar-refractivity contribution >= 4 is 39.5 Å². The Bertz CT molecular complexity index is 1190. The Hall–Kier alpha value is -3.34. The molecule has 0 spiro atoms. The molecular formula is C22H25FN6O3S. The molecule has 0 radical (unpaired) electrons. The van der Waals surface area contributed by atoms with Crippen LogP contribution in [0, 0.1) is 12.7 Å². The largest absolute Gasteiger partial charge is 0.447 e. The minimum Gasteiger partial charge on any atom is -0.447 e. The Kier molecular flexibility index (Phi) is 6.41. The number of rotatable bonds is 6. The second-order valence-corrected chi connectivity index (χ2v) is 9.53. The minimum absolute atomic E-state index is 0.166. The monoisotopic (exact) mass is 472 g/mol. The van der Waals surface area contributed by atoms with Crippen LogP contribution in [-0.2, 0) is 4.74 Å². The van der Waals surface area contributed by atoms with Gasteiger partial charge in [0.2, 0.25) is 5.95 Å². The summed E-state index contributed by atoms with van der Waals surface area (Å²) >= 11 is 1.45. The Morgan fingerprint density at radius 2 is 1.97 bits per heavy atom. The second kappa shape index (κ2) is 9.26. The molecule has 1 saturated heterocycles. The predicted octanol–water partition coefficient (Wildman–Crippen LogP) is 3.67. The molecule has 1 unspecified atom stereocenters. The summed E-state index contributed by atoms with van der Waals surface area (Å²) < 4.78 is 19.3. The number of amides is 2. The molecule has 4 heterocycles. The highest BCUT2D eigenvalue weighted by atomic mass is 32.1. The van der Waals surface area contributed by atoms with E-state index >= 15 is 0 Å². The first-order valence-corrected chi connectivity index (χ1v) is 11.4. The van der Waals surface area contributed by atoms with E-state index in [9.17, 15) is 14.0 Å². The number of nitrogens with zero attached hydrogens (tertiary/aromatic N) is 4. The third kappa shape index (κ3) is 5.19. The van der Waals surface area contributed by atoms with Crippen molar-refractivity contribution in [3.8, 4) is 0 Å². The number of anilines is 1. The molecule has 1 aliphatic rings. The molecule has 1 atom stereocenters. The first kappa shape index (κ1) is 22.8. The zero-order valence-electron chi connectivity index (χ0n) is 18.8. The SMILES string of the molecule is Cc1cc2nc(NC(C)c3cncc(F)c3)nc(C(=O)N3CC(NC(=O)OC(C)C)C3)c2s1. The van der Waals surface area contributed by atoms with Crippen LogP contribution in [0.2, 0.25) is 0 Å². The smallest absolute Gasteiger partial charge is 0.407 e. The number of aryl methyl sites for hydroxylation is 1. The number of ether oxygens (including phenoxy) is 1. The van der Waals surface area contributed by atoms with Crippen LogP contribution in [0.1, 0.15) is 47.7 Å². The highest BCUT2D eigenvalue weighted by molar-refractivity contribution is 7.19. The number of aromatic nitrogens is 3. The first-order chi connectivity index (χ1) is 15.7. The van der Waals surface area contributed by atoms with Crippen molar-refractivity contribution in [1.82, 2.24) is 25.2 Å². The van der Waals surface area contributed by atoms with Gasteiger partial charge in [0.1, 0.15) is 5.82 Å². The summed E-state index contributed by atoms with van der Waals surface area (Å²) in [6, 6.07) is 2.81. The highest BCUT2D eigenvalue weighted by Crippen LogP contribution is 2.30. The summed E-state index contributed by atoms with van der Waals surface area (Å²) in [7, 11) is 0. The average Bonchev–Trinajstić information content (AvgIpc) is 3.08. The lowest BCUT2D eigenvalue weighted by molar-refractivity contribution is 0.0526. The van der Waals surface area contributed by atoms with Gasteiger partial charge in [-0.2, -0.15) is 0 Å². The van der Waals surface area contributed by atoms with Crippen LogP contribution < -0.4 is 10.6 Å². The van der Waals surface area contributed by atoms with Crippen LogP contribution in [-0.4, -0.2) is 57.1 Å². The maximum Gasteiger partial charge on any atom is 0.407 e. The lowest BCUT2D eigenvalue weighted by atomic mass is 10.1. The molecule has 0 bridgehead atoms. The van der Waals surface area contributed by atoms with Crippen molar-refractivity contribution in [3.63, 3.8) is 0 Å². The number of nitrogens with one attached hydrogen (secondary N) is 2. The van der Waals surface area contributed by atoms with E-state index in [1.54, 1.807) is 24.9 Å². The fourth-order valence-electron chi connectivity index (χ4n) is 3.50. The Labute approximate surface area is 194 Å². The number of likely N-dealkylation sites (tertiary alicyclic amines) is 1. The molecule has 0 aromatic carbocycles.